The monoisotopic (exact) mass is 421 g/mol. The predicted octanol–water partition coefficient (Wildman–Crippen LogP) is 5.02. The Morgan fingerprint density at radius 1 is 1.07 bits per heavy atom. The van der Waals surface area contributed by atoms with Crippen LogP contribution in [0.5, 0.6) is 11.5 Å². The largest absolute Gasteiger partial charge is 0.495 e. The Labute approximate surface area is 171 Å². The summed E-state index contributed by atoms with van der Waals surface area (Å²) < 4.78 is 16.0. The number of halogens is 2. The zero-order chi connectivity index (χ0) is 20.3. The van der Waals surface area contributed by atoms with Crippen LogP contribution in [0.1, 0.15) is 16.1 Å². The average Bonchev–Trinajstić information content (AvgIpc) is 3.17. The first-order valence-corrected chi connectivity index (χ1v) is 8.94. The fourth-order valence-electron chi connectivity index (χ4n) is 2.66. The minimum absolute atomic E-state index is 0.196. The van der Waals surface area contributed by atoms with Gasteiger partial charge in [0.15, 0.2) is 5.75 Å². The van der Waals surface area contributed by atoms with Gasteiger partial charge in [0.1, 0.15) is 23.9 Å². The van der Waals surface area contributed by atoms with Gasteiger partial charge in [-0.2, -0.15) is 0 Å². The third-order valence-corrected chi connectivity index (χ3v) is 4.58. The molecular weight excluding hydrogens is 405 g/mol. The van der Waals surface area contributed by atoms with Crippen LogP contribution < -0.4 is 14.8 Å². The van der Waals surface area contributed by atoms with E-state index in [0.29, 0.717) is 34.3 Å². The molecule has 0 aliphatic heterocycles. The summed E-state index contributed by atoms with van der Waals surface area (Å²) in [5, 5.41) is 12.4. The molecule has 0 atom stereocenters. The van der Waals surface area contributed by atoms with E-state index in [-0.39, 0.29) is 22.2 Å². The predicted molar refractivity (Wildman–Crippen MR) is 108 cm³/mol. The van der Waals surface area contributed by atoms with Gasteiger partial charge in [-0.05, 0) is 42.5 Å². The molecule has 3 aromatic rings. The third-order valence-electron chi connectivity index (χ3n) is 4.01. The van der Waals surface area contributed by atoms with E-state index in [4.69, 9.17) is 42.2 Å². The molecule has 2 N–H and O–H groups in total. The highest BCUT2D eigenvalue weighted by atomic mass is 35.5. The van der Waals surface area contributed by atoms with Gasteiger partial charge in [0.25, 0.3) is 5.91 Å². The number of ether oxygens (including phenoxy) is 2. The van der Waals surface area contributed by atoms with Gasteiger partial charge in [-0.1, -0.05) is 23.2 Å². The first kappa shape index (κ1) is 20.1. The highest BCUT2D eigenvalue weighted by Gasteiger charge is 2.16. The minimum Gasteiger partial charge on any atom is -0.495 e. The second kappa shape index (κ2) is 8.56. The number of amides is 1. The molecule has 28 heavy (non-hydrogen) atoms. The van der Waals surface area contributed by atoms with Crippen LogP contribution >= 0.6 is 23.2 Å². The normalized spacial score (nSPS) is 10.6. The van der Waals surface area contributed by atoms with Gasteiger partial charge in [0.05, 0.1) is 30.0 Å². The molecule has 0 spiro atoms. The van der Waals surface area contributed by atoms with Crippen LogP contribution in [-0.4, -0.2) is 25.2 Å². The van der Waals surface area contributed by atoms with Gasteiger partial charge in [0.2, 0.25) is 0 Å². The molecule has 0 saturated carbocycles. The zero-order valence-corrected chi connectivity index (χ0v) is 16.6. The molecule has 6 nitrogen and oxygen atoms in total. The van der Waals surface area contributed by atoms with Gasteiger partial charge in [-0.25, -0.2) is 0 Å². The van der Waals surface area contributed by atoms with Crippen molar-refractivity contribution in [2.45, 2.75) is 6.61 Å². The number of methoxy groups -OCH3 is 2. The molecule has 0 unspecified atom stereocenters. The topological polar surface area (TPSA) is 80.9 Å². The van der Waals surface area contributed by atoms with Crippen LogP contribution in [0.25, 0.3) is 11.3 Å². The summed E-state index contributed by atoms with van der Waals surface area (Å²) in [6.07, 6.45) is 0. The van der Waals surface area contributed by atoms with Crippen LogP contribution in [0.2, 0.25) is 10.0 Å². The van der Waals surface area contributed by atoms with E-state index in [0.717, 1.165) is 0 Å². The van der Waals surface area contributed by atoms with Gasteiger partial charge in [-0.15, -0.1) is 0 Å². The first-order chi connectivity index (χ1) is 13.5. The van der Waals surface area contributed by atoms with Crippen molar-refractivity contribution >= 4 is 34.8 Å². The number of carbonyl (C=O) groups excluding carboxylic acids is 1. The average molecular weight is 422 g/mol. The van der Waals surface area contributed by atoms with Crippen molar-refractivity contribution in [2.75, 3.05) is 19.5 Å². The molecule has 8 heteroatoms. The summed E-state index contributed by atoms with van der Waals surface area (Å²) in [6, 6.07) is 11.6. The lowest BCUT2D eigenvalue weighted by atomic mass is 10.1. The van der Waals surface area contributed by atoms with Crippen LogP contribution in [0.15, 0.2) is 46.9 Å². The highest BCUT2D eigenvalue weighted by Crippen LogP contribution is 2.35. The Bertz CT molecular complexity index is 993. The minimum atomic E-state index is -0.419. The van der Waals surface area contributed by atoms with Gasteiger partial charge in [0, 0.05) is 11.1 Å². The lowest BCUT2D eigenvalue weighted by molar-refractivity contribution is 0.102. The van der Waals surface area contributed by atoms with E-state index in [1.165, 1.54) is 26.4 Å². The van der Waals surface area contributed by atoms with Crippen molar-refractivity contribution in [2.24, 2.45) is 0 Å². The lowest BCUT2D eigenvalue weighted by Crippen LogP contribution is -2.13. The molecule has 0 fully saturated rings. The van der Waals surface area contributed by atoms with Crippen LogP contribution in [-0.2, 0) is 6.61 Å². The third kappa shape index (κ3) is 4.09. The molecule has 2 aromatic carbocycles. The van der Waals surface area contributed by atoms with Crippen molar-refractivity contribution in [3.05, 3.63) is 63.8 Å². The fraction of sp³-hybridized carbons (Fsp3) is 0.150. The van der Waals surface area contributed by atoms with Crippen LogP contribution in [0.4, 0.5) is 5.69 Å². The number of rotatable bonds is 6. The number of anilines is 1. The Hall–Kier alpha value is -2.67. The molecule has 146 valence electrons. The second-order valence-electron chi connectivity index (χ2n) is 5.77. The molecule has 1 heterocycles. The number of nitrogens with one attached hydrogen (secondary N) is 1. The van der Waals surface area contributed by atoms with Crippen molar-refractivity contribution in [3.63, 3.8) is 0 Å². The Morgan fingerprint density at radius 3 is 2.36 bits per heavy atom. The lowest BCUT2D eigenvalue weighted by Gasteiger charge is -2.13. The molecule has 0 aliphatic rings. The number of hydrogen-bond donors (Lipinski definition) is 2. The molecular formula is C20H17Cl2NO5. The maximum atomic E-state index is 12.7. The van der Waals surface area contributed by atoms with E-state index in [9.17, 15) is 4.79 Å². The zero-order valence-electron chi connectivity index (χ0n) is 15.1. The van der Waals surface area contributed by atoms with E-state index in [1.807, 2.05) is 0 Å². The number of furan rings is 1. The second-order valence-corrected chi connectivity index (χ2v) is 6.58. The number of aliphatic hydroxyl groups is 1. The molecule has 1 amide bonds. The van der Waals surface area contributed by atoms with Crippen LogP contribution in [0, 0.1) is 0 Å². The number of hydrogen-bond acceptors (Lipinski definition) is 5. The standard InChI is InChI=1S/C20H17Cl2NO5/c1-26-18-5-3-11(17-6-4-13(10-24)28-17)9-16(18)23-20(25)12-7-14(21)19(27-2)15(22)8-12/h3-9,24H,10H2,1-2H3,(H,23,25). The summed E-state index contributed by atoms with van der Waals surface area (Å²) in [4.78, 5) is 12.7. The van der Waals surface area contributed by atoms with Crippen LogP contribution in [0.3, 0.4) is 0 Å². The fourth-order valence-corrected chi connectivity index (χ4v) is 3.30. The van der Waals surface area contributed by atoms with Gasteiger partial charge < -0.3 is 24.3 Å². The molecule has 0 radical (unpaired) electrons. The van der Waals surface area contributed by atoms with E-state index in [1.54, 1.807) is 30.3 Å². The summed E-state index contributed by atoms with van der Waals surface area (Å²) in [6.45, 7) is -0.196. The maximum Gasteiger partial charge on any atom is 0.255 e. The Balaban J connectivity index is 1.92. The summed E-state index contributed by atoms with van der Waals surface area (Å²) in [5.41, 5.74) is 1.42. The van der Waals surface area contributed by atoms with Crippen molar-refractivity contribution in [1.82, 2.24) is 0 Å². The molecule has 3 rings (SSSR count). The van der Waals surface area contributed by atoms with E-state index in [2.05, 4.69) is 5.32 Å². The molecule has 0 aliphatic carbocycles. The first-order valence-electron chi connectivity index (χ1n) is 8.19. The van der Waals surface area contributed by atoms with E-state index < -0.39 is 5.91 Å². The molecule has 0 saturated heterocycles. The Kier molecular flexibility index (Phi) is 6.14. The Morgan fingerprint density at radius 2 is 1.79 bits per heavy atom. The maximum absolute atomic E-state index is 12.7. The highest BCUT2D eigenvalue weighted by molar-refractivity contribution is 6.37. The summed E-state index contributed by atoms with van der Waals surface area (Å²) >= 11 is 12.2. The van der Waals surface area contributed by atoms with E-state index >= 15 is 0 Å². The van der Waals surface area contributed by atoms with Crippen molar-refractivity contribution in [1.29, 1.82) is 0 Å². The van der Waals surface area contributed by atoms with Gasteiger partial charge in [-0.3, -0.25) is 4.79 Å². The SMILES string of the molecule is COc1ccc(-c2ccc(CO)o2)cc1NC(=O)c1cc(Cl)c(OC)c(Cl)c1. The van der Waals surface area contributed by atoms with Crippen molar-refractivity contribution in [3.8, 4) is 22.8 Å². The summed E-state index contributed by atoms with van der Waals surface area (Å²) in [5.74, 6) is 1.35. The molecule has 0 bridgehead atoms. The quantitative estimate of drug-likeness (QED) is 0.584. The smallest absolute Gasteiger partial charge is 0.255 e. The number of benzene rings is 2. The molecule has 1 aromatic heterocycles. The van der Waals surface area contributed by atoms with Crippen molar-refractivity contribution < 1.29 is 23.8 Å². The van der Waals surface area contributed by atoms with Gasteiger partial charge >= 0.3 is 0 Å². The summed E-state index contributed by atoms with van der Waals surface area (Å²) in [7, 11) is 2.95. The number of aliphatic hydroxyl groups excluding tert-OH is 1. The number of carbonyl (C=O) groups is 1.